The van der Waals surface area contributed by atoms with Gasteiger partial charge in [0.05, 0.1) is 6.54 Å². The van der Waals surface area contributed by atoms with Crippen molar-refractivity contribution < 1.29 is 9.59 Å². The van der Waals surface area contributed by atoms with Gasteiger partial charge in [-0.25, -0.2) is 4.79 Å². The Morgan fingerprint density at radius 3 is 2.59 bits per heavy atom. The van der Waals surface area contributed by atoms with Gasteiger partial charge in [0, 0.05) is 13.1 Å². The highest BCUT2D eigenvalue weighted by molar-refractivity contribution is 7.07. The Labute approximate surface area is 134 Å². The van der Waals surface area contributed by atoms with Crippen LogP contribution < -0.4 is 10.6 Å². The van der Waals surface area contributed by atoms with E-state index >= 15 is 0 Å². The first-order valence-electron chi connectivity index (χ1n) is 6.94. The van der Waals surface area contributed by atoms with Crippen molar-refractivity contribution in [3.63, 3.8) is 0 Å². The number of benzene rings is 1. The summed E-state index contributed by atoms with van der Waals surface area (Å²) in [6.07, 6.45) is 0. The molecular weight excluding hydrogens is 298 g/mol. The SMILES string of the molecule is CN(CC(=O)NC(=O)NCc1ccccc1)Cc1ccsc1. The minimum Gasteiger partial charge on any atom is -0.334 e. The number of urea groups is 1. The minimum absolute atomic E-state index is 0.175. The molecular formula is C16H19N3O2S. The zero-order chi connectivity index (χ0) is 15.8. The number of likely N-dealkylation sites (N-methyl/N-ethyl adjacent to an activating group) is 1. The monoisotopic (exact) mass is 317 g/mol. The highest BCUT2D eigenvalue weighted by Gasteiger charge is 2.10. The second-order valence-electron chi connectivity index (χ2n) is 5.02. The number of carbonyl (C=O) groups excluding carboxylic acids is 2. The molecule has 0 atom stereocenters. The fourth-order valence-corrected chi connectivity index (χ4v) is 2.64. The predicted molar refractivity (Wildman–Crippen MR) is 87.5 cm³/mol. The molecule has 6 heteroatoms. The van der Waals surface area contributed by atoms with E-state index < -0.39 is 6.03 Å². The number of imide groups is 1. The summed E-state index contributed by atoms with van der Waals surface area (Å²) in [6, 6.07) is 11.1. The van der Waals surface area contributed by atoms with Crippen molar-refractivity contribution in [3.8, 4) is 0 Å². The van der Waals surface area contributed by atoms with E-state index in [-0.39, 0.29) is 12.5 Å². The molecule has 22 heavy (non-hydrogen) atoms. The number of hydrogen-bond acceptors (Lipinski definition) is 4. The van der Waals surface area contributed by atoms with Gasteiger partial charge in [-0.1, -0.05) is 30.3 Å². The van der Waals surface area contributed by atoms with Crippen LogP contribution in [0.25, 0.3) is 0 Å². The Kier molecular flexibility index (Phi) is 6.12. The molecule has 0 bridgehead atoms. The number of nitrogens with zero attached hydrogens (tertiary/aromatic N) is 1. The van der Waals surface area contributed by atoms with Gasteiger partial charge in [-0.05, 0) is 35.0 Å². The van der Waals surface area contributed by atoms with Crippen molar-refractivity contribution >= 4 is 23.3 Å². The normalized spacial score (nSPS) is 10.5. The zero-order valence-electron chi connectivity index (χ0n) is 12.4. The molecule has 0 unspecified atom stereocenters. The van der Waals surface area contributed by atoms with Crippen molar-refractivity contribution in [1.82, 2.24) is 15.5 Å². The number of hydrogen-bond donors (Lipinski definition) is 2. The summed E-state index contributed by atoms with van der Waals surface area (Å²) in [5.41, 5.74) is 2.15. The van der Waals surface area contributed by atoms with Gasteiger partial charge in [-0.15, -0.1) is 0 Å². The third kappa shape index (κ3) is 5.67. The van der Waals surface area contributed by atoms with E-state index in [1.54, 1.807) is 11.3 Å². The van der Waals surface area contributed by atoms with Crippen molar-refractivity contribution in [1.29, 1.82) is 0 Å². The molecule has 1 heterocycles. The lowest BCUT2D eigenvalue weighted by Crippen LogP contribution is -2.43. The maximum absolute atomic E-state index is 11.8. The summed E-state index contributed by atoms with van der Waals surface area (Å²) in [5.74, 6) is -0.316. The second kappa shape index (κ2) is 8.31. The van der Waals surface area contributed by atoms with E-state index in [0.29, 0.717) is 13.1 Å². The highest BCUT2D eigenvalue weighted by Crippen LogP contribution is 2.07. The molecule has 0 saturated heterocycles. The zero-order valence-corrected chi connectivity index (χ0v) is 13.2. The largest absolute Gasteiger partial charge is 0.334 e. The Hall–Kier alpha value is -2.18. The van der Waals surface area contributed by atoms with E-state index in [1.807, 2.05) is 59.1 Å². The Morgan fingerprint density at radius 2 is 1.91 bits per heavy atom. The minimum atomic E-state index is -0.474. The van der Waals surface area contributed by atoms with Gasteiger partial charge in [0.2, 0.25) is 5.91 Å². The molecule has 2 aromatic rings. The van der Waals surface area contributed by atoms with Crippen LogP contribution in [0.3, 0.4) is 0 Å². The molecule has 0 saturated carbocycles. The van der Waals surface area contributed by atoms with Crippen LogP contribution in [0.1, 0.15) is 11.1 Å². The van der Waals surface area contributed by atoms with Crippen LogP contribution >= 0.6 is 11.3 Å². The van der Waals surface area contributed by atoms with E-state index in [1.165, 1.54) is 0 Å². The molecule has 5 nitrogen and oxygen atoms in total. The van der Waals surface area contributed by atoms with Crippen LogP contribution in [0.4, 0.5) is 4.79 Å². The van der Waals surface area contributed by atoms with Crippen molar-refractivity contribution in [2.75, 3.05) is 13.6 Å². The van der Waals surface area contributed by atoms with Gasteiger partial charge in [-0.3, -0.25) is 15.0 Å². The van der Waals surface area contributed by atoms with Crippen molar-refractivity contribution in [3.05, 3.63) is 58.3 Å². The molecule has 0 radical (unpaired) electrons. The lowest BCUT2D eigenvalue weighted by Gasteiger charge is -2.15. The van der Waals surface area contributed by atoms with Crippen LogP contribution in [-0.4, -0.2) is 30.4 Å². The van der Waals surface area contributed by atoms with Gasteiger partial charge in [0.15, 0.2) is 0 Å². The summed E-state index contributed by atoms with van der Waals surface area (Å²) in [7, 11) is 1.85. The fourth-order valence-electron chi connectivity index (χ4n) is 1.98. The smallest absolute Gasteiger partial charge is 0.321 e. The first-order valence-corrected chi connectivity index (χ1v) is 7.89. The molecule has 1 aromatic heterocycles. The lowest BCUT2D eigenvalue weighted by atomic mass is 10.2. The summed E-state index contributed by atoms with van der Waals surface area (Å²) < 4.78 is 0. The molecule has 0 aliphatic carbocycles. The maximum Gasteiger partial charge on any atom is 0.321 e. The lowest BCUT2D eigenvalue weighted by molar-refractivity contribution is -0.120. The third-order valence-corrected chi connectivity index (χ3v) is 3.73. The molecule has 3 amide bonds. The van der Waals surface area contributed by atoms with Crippen LogP contribution in [-0.2, 0) is 17.9 Å². The number of rotatable bonds is 6. The summed E-state index contributed by atoms with van der Waals surface area (Å²) in [6.45, 7) is 1.25. The quantitative estimate of drug-likeness (QED) is 0.859. The molecule has 116 valence electrons. The topological polar surface area (TPSA) is 61.4 Å². The van der Waals surface area contributed by atoms with Gasteiger partial charge >= 0.3 is 6.03 Å². The third-order valence-electron chi connectivity index (χ3n) is 2.99. The molecule has 1 aromatic carbocycles. The fraction of sp³-hybridized carbons (Fsp3) is 0.250. The highest BCUT2D eigenvalue weighted by atomic mass is 32.1. The second-order valence-corrected chi connectivity index (χ2v) is 5.80. The van der Waals surface area contributed by atoms with E-state index in [0.717, 1.165) is 11.1 Å². The van der Waals surface area contributed by atoms with Crippen LogP contribution in [0.15, 0.2) is 47.2 Å². The summed E-state index contributed by atoms with van der Waals surface area (Å²) >= 11 is 1.62. The number of amides is 3. The van der Waals surface area contributed by atoms with Gasteiger partial charge in [-0.2, -0.15) is 11.3 Å². The van der Waals surface area contributed by atoms with Crippen LogP contribution in [0.5, 0.6) is 0 Å². The average Bonchev–Trinajstić information content (AvgIpc) is 2.98. The number of thiophene rings is 1. The Balaban J connectivity index is 1.68. The Morgan fingerprint density at radius 1 is 1.14 bits per heavy atom. The first kappa shape index (κ1) is 16.2. The van der Waals surface area contributed by atoms with Crippen LogP contribution in [0, 0.1) is 0 Å². The molecule has 0 spiro atoms. The van der Waals surface area contributed by atoms with E-state index in [2.05, 4.69) is 10.6 Å². The van der Waals surface area contributed by atoms with Crippen molar-refractivity contribution in [2.45, 2.75) is 13.1 Å². The maximum atomic E-state index is 11.8. The van der Waals surface area contributed by atoms with Crippen LogP contribution in [0.2, 0.25) is 0 Å². The number of nitrogens with one attached hydrogen (secondary N) is 2. The summed E-state index contributed by atoms with van der Waals surface area (Å²) in [4.78, 5) is 25.3. The summed E-state index contributed by atoms with van der Waals surface area (Å²) in [5, 5.41) is 9.04. The van der Waals surface area contributed by atoms with E-state index in [4.69, 9.17) is 0 Å². The molecule has 0 fully saturated rings. The molecule has 2 rings (SSSR count). The molecule has 0 aliphatic heterocycles. The van der Waals surface area contributed by atoms with Crippen molar-refractivity contribution in [2.24, 2.45) is 0 Å². The Bertz CT molecular complexity index is 599. The standard InChI is InChI=1S/C16H19N3O2S/c1-19(10-14-7-8-22-12-14)11-15(20)18-16(21)17-9-13-5-3-2-4-6-13/h2-8,12H,9-11H2,1H3,(H2,17,18,20,21). The molecule has 0 aliphatic rings. The molecule has 2 N–H and O–H groups in total. The van der Waals surface area contributed by atoms with E-state index in [9.17, 15) is 9.59 Å². The number of carbonyl (C=O) groups is 2. The van der Waals surface area contributed by atoms with Gasteiger partial charge in [0.1, 0.15) is 0 Å². The van der Waals surface area contributed by atoms with Gasteiger partial charge < -0.3 is 5.32 Å². The first-order chi connectivity index (χ1) is 10.6. The average molecular weight is 317 g/mol. The predicted octanol–water partition coefficient (Wildman–Crippen LogP) is 2.21. The van der Waals surface area contributed by atoms with Gasteiger partial charge in [0.25, 0.3) is 0 Å².